The van der Waals surface area contributed by atoms with E-state index in [0.29, 0.717) is 17.1 Å². The van der Waals surface area contributed by atoms with Crippen LogP contribution in [0.1, 0.15) is 32.2 Å². The second-order valence-corrected chi connectivity index (χ2v) is 5.71. The molecule has 0 saturated heterocycles. The number of pyridine rings is 2. The molecule has 3 heterocycles. The van der Waals surface area contributed by atoms with Gasteiger partial charge < -0.3 is 10.6 Å². The van der Waals surface area contributed by atoms with Gasteiger partial charge in [0.05, 0.1) is 23.1 Å². The van der Waals surface area contributed by atoms with Crippen LogP contribution >= 0.6 is 0 Å². The molecule has 2 N–H and O–H groups in total. The first kappa shape index (κ1) is 17.3. The van der Waals surface area contributed by atoms with Crippen LogP contribution in [0.25, 0.3) is 5.82 Å². The van der Waals surface area contributed by atoms with Crippen LogP contribution in [0.2, 0.25) is 0 Å². The number of nitrogens with zero attached hydrogens (tertiary/aromatic N) is 4. The van der Waals surface area contributed by atoms with Crippen LogP contribution in [0.4, 0.5) is 5.69 Å². The summed E-state index contributed by atoms with van der Waals surface area (Å²) in [7, 11) is 1.52. The second-order valence-electron chi connectivity index (χ2n) is 5.71. The van der Waals surface area contributed by atoms with Gasteiger partial charge in [-0.1, -0.05) is 0 Å². The van der Waals surface area contributed by atoms with Crippen molar-refractivity contribution in [3.63, 3.8) is 0 Å². The van der Waals surface area contributed by atoms with Crippen molar-refractivity contribution < 1.29 is 9.59 Å². The quantitative estimate of drug-likeness (QED) is 0.748. The Bertz CT molecular complexity index is 945. The first-order chi connectivity index (χ1) is 12.5. The van der Waals surface area contributed by atoms with Crippen molar-refractivity contribution in [2.45, 2.75) is 13.8 Å². The lowest BCUT2D eigenvalue weighted by molar-refractivity contribution is 0.0955. The fourth-order valence-corrected chi connectivity index (χ4v) is 2.44. The molecule has 0 aliphatic rings. The summed E-state index contributed by atoms with van der Waals surface area (Å²) in [6, 6.07) is 8.54. The lowest BCUT2D eigenvalue weighted by Gasteiger charge is -2.07. The summed E-state index contributed by atoms with van der Waals surface area (Å²) in [5.41, 5.74) is 3.04. The summed E-state index contributed by atoms with van der Waals surface area (Å²) in [6.07, 6.45) is 2.92. The Hall–Kier alpha value is -3.55. The minimum absolute atomic E-state index is 0.250. The molecule has 8 nitrogen and oxygen atoms in total. The van der Waals surface area contributed by atoms with Crippen LogP contribution < -0.4 is 10.6 Å². The summed E-state index contributed by atoms with van der Waals surface area (Å²) >= 11 is 0. The molecule has 0 aliphatic heterocycles. The van der Waals surface area contributed by atoms with Crippen molar-refractivity contribution in [3.8, 4) is 5.82 Å². The number of aryl methyl sites for hydroxylation is 2. The highest BCUT2D eigenvalue weighted by atomic mass is 16.2. The highest BCUT2D eigenvalue weighted by Gasteiger charge is 2.10. The van der Waals surface area contributed by atoms with Gasteiger partial charge >= 0.3 is 0 Å². The average molecular weight is 350 g/mol. The third-order valence-corrected chi connectivity index (χ3v) is 3.72. The summed E-state index contributed by atoms with van der Waals surface area (Å²) < 4.78 is 1.74. The molecule has 0 radical (unpaired) electrons. The molecular formula is C18H18N6O2. The van der Waals surface area contributed by atoms with Gasteiger partial charge in [0.15, 0.2) is 5.82 Å². The van der Waals surface area contributed by atoms with Crippen molar-refractivity contribution in [1.29, 1.82) is 0 Å². The molecule has 132 valence electrons. The lowest BCUT2D eigenvalue weighted by atomic mass is 10.2. The number of nitrogens with one attached hydrogen (secondary N) is 2. The normalized spacial score (nSPS) is 10.4. The van der Waals surface area contributed by atoms with Crippen LogP contribution in [0.15, 0.2) is 42.7 Å². The van der Waals surface area contributed by atoms with Gasteiger partial charge in [0.1, 0.15) is 5.69 Å². The third kappa shape index (κ3) is 3.59. The Kier molecular flexibility index (Phi) is 4.74. The van der Waals surface area contributed by atoms with Crippen molar-refractivity contribution in [1.82, 2.24) is 25.1 Å². The van der Waals surface area contributed by atoms with E-state index in [1.54, 1.807) is 29.1 Å². The van der Waals surface area contributed by atoms with E-state index in [0.717, 1.165) is 11.4 Å². The third-order valence-electron chi connectivity index (χ3n) is 3.72. The zero-order chi connectivity index (χ0) is 18.7. The van der Waals surface area contributed by atoms with Crippen molar-refractivity contribution in [2.24, 2.45) is 0 Å². The highest BCUT2D eigenvalue weighted by molar-refractivity contribution is 6.04. The number of hydrogen-bond donors (Lipinski definition) is 2. The lowest BCUT2D eigenvalue weighted by Crippen LogP contribution is -2.20. The number of carbonyl (C=O) groups is 2. The van der Waals surface area contributed by atoms with Gasteiger partial charge in [-0.25, -0.2) is 9.67 Å². The predicted molar refractivity (Wildman–Crippen MR) is 96.4 cm³/mol. The van der Waals surface area contributed by atoms with E-state index in [1.165, 1.54) is 19.3 Å². The first-order valence-electron chi connectivity index (χ1n) is 7.97. The zero-order valence-corrected chi connectivity index (χ0v) is 14.6. The number of anilines is 1. The zero-order valence-electron chi connectivity index (χ0n) is 14.6. The maximum atomic E-state index is 12.3. The van der Waals surface area contributed by atoms with E-state index in [1.807, 2.05) is 19.9 Å². The molecule has 8 heteroatoms. The van der Waals surface area contributed by atoms with Gasteiger partial charge in [-0.15, -0.1) is 0 Å². The van der Waals surface area contributed by atoms with E-state index >= 15 is 0 Å². The van der Waals surface area contributed by atoms with Gasteiger partial charge in [-0.2, -0.15) is 5.10 Å². The van der Waals surface area contributed by atoms with Gasteiger partial charge in [-0.05, 0) is 44.2 Å². The molecular weight excluding hydrogens is 332 g/mol. The standard InChI is InChI=1S/C18H18N6O2/c1-11-8-12(2)24(23-11)16-7-5-14(10-21-16)22-17(25)13-4-6-15(20-9-13)18(26)19-3/h4-10H,1-3H3,(H,19,26)(H,22,25). The van der Waals surface area contributed by atoms with Crippen molar-refractivity contribution >= 4 is 17.5 Å². The number of carbonyl (C=O) groups excluding carboxylic acids is 2. The Morgan fingerprint density at radius 1 is 1.00 bits per heavy atom. The molecule has 26 heavy (non-hydrogen) atoms. The molecule has 0 atom stereocenters. The fourth-order valence-electron chi connectivity index (χ4n) is 2.44. The van der Waals surface area contributed by atoms with Crippen LogP contribution in [-0.2, 0) is 0 Å². The minimum atomic E-state index is -0.332. The van der Waals surface area contributed by atoms with E-state index in [9.17, 15) is 9.59 Å². The van der Waals surface area contributed by atoms with Crippen LogP contribution in [0.5, 0.6) is 0 Å². The Morgan fingerprint density at radius 3 is 2.35 bits per heavy atom. The largest absolute Gasteiger partial charge is 0.354 e. The summed E-state index contributed by atoms with van der Waals surface area (Å²) in [5.74, 6) is 0.0349. The van der Waals surface area contributed by atoms with Gasteiger partial charge in [0.25, 0.3) is 11.8 Å². The molecule has 0 saturated carbocycles. The van der Waals surface area contributed by atoms with Crippen LogP contribution in [0.3, 0.4) is 0 Å². The number of rotatable bonds is 4. The fraction of sp³-hybridized carbons (Fsp3) is 0.167. The molecule has 2 amide bonds. The second kappa shape index (κ2) is 7.14. The minimum Gasteiger partial charge on any atom is -0.354 e. The van der Waals surface area contributed by atoms with E-state index < -0.39 is 0 Å². The first-order valence-corrected chi connectivity index (χ1v) is 7.97. The molecule has 0 unspecified atom stereocenters. The predicted octanol–water partition coefficient (Wildman–Crippen LogP) is 1.89. The molecule has 3 aromatic heterocycles. The van der Waals surface area contributed by atoms with E-state index in [2.05, 4.69) is 25.7 Å². The Balaban J connectivity index is 1.71. The van der Waals surface area contributed by atoms with Crippen molar-refractivity contribution in [2.75, 3.05) is 12.4 Å². The van der Waals surface area contributed by atoms with E-state index in [-0.39, 0.29) is 17.5 Å². The van der Waals surface area contributed by atoms with Gasteiger partial charge in [0, 0.05) is 18.9 Å². The monoisotopic (exact) mass is 350 g/mol. The SMILES string of the molecule is CNC(=O)c1ccc(C(=O)Nc2ccc(-n3nc(C)cc3C)nc2)cn1. The molecule has 0 aromatic carbocycles. The molecule has 0 bridgehead atoms. The Morgan fingerprint density at radius 2 is 1.81 bits per heavy atom. The highest BCUT2D eigenvalue weighted by Crippen LogP contribution is 2.13. The summed E-state index contributed by atoms with van der Waals surface area (Å²) in [6.45, 7) is 3.87. The molecule has 0 spiro atoms. The molecule has 3 aromatic rings. The number of hydrogen-bond acceptors (Lipinski definition) is 5. The molecule has 3 rings (SSSR count). The maximum Gasteiger partial charge on any atom is 0.269 e. The van der Waals surface area contributed by atoms with Crippen LogP contribution in [-0.4, -0.2) is 38.6 Å². The Labute approximate surface area is 150 Å². The maximum absolute atomic E-state index is 12.3. The summed E-state index contributed by atoms with van der Waals surface area (Å²) in [4.78, 5) is 32.1. The molecule has 0 aliphatic carbocycles. The van der Waals surface area contributed by atoms with Gasteiger partial charge in [-0.3, -0.25) is 14.6 Å². The smallest absolute Gasteiger partial charge is 0.269 e. The topological polar surface area (TPSA) is 102 Å². The van der Waals surface area contributed by atoms with Crippen molar-refractivity contribution in [3.05, 3.63) is 65.4 Å². The molecule has 0 fully saturated rings. The van der Waals surface area contributed by atoms with E-state index in [4.69, 9.17) is 0 Å². The summed E-state index contributed by atoms with van der Waals surface area (Å²) in [5, 5.41) is 9.60. The van der Waals surface area contributed by atoms with Gasteiger partial charge in [0.2, 0.25) is 0 Å². The van der Waals surface area contributed by atoms with Crippen LogP contribution in [0, 0.1) is 13.8 Å². The number of amides is 2. The average Bonchev–Trinajstić information content (AvgIpc) is 3.00. The number of aromatic nitrogens is 4.